The summed E-state index contributed by atoms with van der Waals surface area (Å²) in [6, 6.07) is 10.8. The highest BCUT2D eigenvalue weighted by atomic mass is 32.2. The summed E-state index contributed by atoms with van der Waals surface area (Å²) in [6.45, 7) is 6.02. The molecule has 2 aromatic rings. The Kier molecular flexibility index (Phi) is 5.46. The quantitative estimate of drug-likeness (QED) is 0.631. The highest BCUT2D eigenvalue weighted by molar-refractivity contribution is 7.89. The lowest BCUT2D eigenvalue weighted by molar-refractivity contribution is -0.137. The number of nitrogens with one attached hydrogen (secondary N) is 1. The fraction of sp³-hybridized carbons (Fsp3) is 0.278. The van der Waals surface area contributed by atoms with Gasteiger partial charge in [0.2, 0.25) is 0 Å². The molecule has 140 valence electrons. The Hall–Kier alpha value is -2.35. The number of halogens is 3. The maximum atomic E-state index is 12.7. The van der Waals surface area contributed by atoms with Gasteiger partial charge in [0.1, 0.15) is 0 Å². The summed E-state index contributed by atoms with van der Waals surface area (Å²) in [4.78, 5) is 2.02. The Labute approximate surface area is 150 Å². The first kappa shape index (κ1) is 20.0. The van der Waals surface area contributed by atoms with Crippen LogP contribution in [0.5, 0.6) is 0 Å². The Morgan fingerprint density at radius 2 is 1.58 bits per heavy atom. The van der Waals surface area contributed by atoms with Crippen molar-refractivity contribution in [2.75, 3.05) is 0 Å². The van der Waals surface area contributed by atoms with Gasteiger partial charge in [0.25, 0.3) is 10.0 Å². The second-order valence-corrected chi connectivity index (χ2v) is 8.41. The standard InChI is InChI=1S/C18H19F3N2O2S/c1-17(2,3)14-7-9-16(10-8-14)26(24,25)23-22-12-13-5-4-6-15(11-13)18(19,20)21/h4-12,23H,1-3H3/b22-12-. The molecule has 0 aliphatic heterocycles. The number of benzene rings is 2. The number of nitrogens with zero attached hydrogens (tertiary/aromatic N) is 1. The average molecular weight is 384 g/mol. The van der Waals surface area contributed by atoms with Crippen LogP contribution in [-0.4, -0.2) is 14.6 Å². The van der Waals surface area contributed by atoms with Crippen LogP contribution >= 0.6 is 0 Å². The Morgan fingerprint density at radius 3 is 2.12 bits per heavy atom. The highest BCUT2D eigenvalue weighted by Crippen LogP contribution is 2.29. The fourth-order valence-corrected chi connectivity index (χ4v) is 2.94. The van der Waals surface area contributed by atoms with Crippen LogP contribution in [0.3, 0.4) is 0 Å². The van der Waals surface area contributed by atoms with Crippen molar-refractivity contribution >= 4 is 16.2 Å². The third-order valence-electron chi connectivity index (χ3n) is 3.63. The van der Waals surface area contributed by atoms with Crippen molar-refractivity contribution in [3.05, 3.63) is 65.2 Å². The lowest BCUT2D eigenvalue weighted by Gasteiger charge is -2.19. The maximum Gasteiger partial charge on any atom is 0.416 e. The molecular weight excluding hydrogens is 365 g/mol. The van der Waals surface area contributed by atoms with Crippen LogP contribution in [0.2, 0.25) is 0 Å². The number of hydrogen-bond donors (Lipinski definition) is 1. The summed E-state index contributed by atoms with van der Waals surface area (Å²) < 4.78 is 62.4. The minimum atomic E-state index is -4.47. The van der Waals surface area contributed by atoms with Crippen LogP contribution in [0.4, 0.5) is 13.2 Å². The van der Waals surface area contributed by atoms with Crippen LogP contribution in [0.15, 0.2) is 58.5 Å². The zero-order valence-electron chi connectivity index (χ0n) is 14.5. The van der Waals surface area contributed by atoms with E-state index in [0.29, 0.717) is 0 Å². The predicted molar refractivity (Wildman–Crippen MR) is 94.5 cm³/mol. The predicted octanol–water partition coefficient (Wildman–Crippen LogP) is 4.32. The van der Waals surface area contributed by atoms with E-state index in [2.05, 4.69) is 5.10 Å². The molecule has 0 amide bonds. The van der Waals surface area contributed by atoms with Crippen LogP contribution in [0.25, 0.3) is 0 Å². The minimum Gasteiger partial charge on any atom is -0.200 e. The van der Waals surface area contributed by atoms with Crippen molar-refractivity contribution in [3.63, 3.8) is 0 Å². The minimum absolute atomic E-state index is 0.0201. The van der Waals surface area contributed by atoms with Crippen molar-refractivity contribution in [2.24, 2.45) is 5.10 Å². The second kappa shape index (κ2) is 7.11. The van der Waals surface area contributed by atoms with Gasteiger partial charge < -0.3 is 0 Å². The molecule has 0 fully saturated rings. The van der Waals surface area contributed by atoms with Gasteiger partial charge >= 0.3 is 6.18 Å². The normalized spacial score (nSPS) is 13.2. The Bertz CT molecular complexity index is 897. The van der Waals surface area contributed by atoms with E-state index in [4.69, 9.17) is 0 Å². The van der Waals surface area contributed by atoms with Gasteiger partial charge in [-0.1, -0.05) is 45.0 Å². The van der Waals surface area contributed by atoms with E-state index in [0.717, 1.165) is 23.9 Å². The number of rotatable bonds is 4. The smallest absolute Gasteiger partial charge is 0.200 e. The molecule has 0 radical (unpaired) electrons. The molecule has 2 aromatic carbocycles. The van der Waals surface area contributed by atoms with Gasteiger partial charge in [-0.15, -0.1) is 0 Å². The number of hydrazone groups is 1. The number of sulfonamides is 1. The fourth-order valence-electron chi connectivity index (χ4n) is 2.15. The van der Waals surface area contributed by atoms with Crippen LogP contribution in [0, 0.1) is 0 Å². The third-order valence-corrected chi connectivity index (χ3v) is 4.87. The molecule has 0 unspecified atom stereocenters. The van der Waals surface area contributed by atoms with Crippen molar-refractivity contribution in [1.29, 1.82) is 0 Å². The summed E-state index contributed by atoms with van der Waals surface area (Å²) in [5.41, 5.74) is 0.161. The monoisotopic (exact) mass is 384 g/mol. The molecule has 26 heavy (non-hydrogen) atoms. The lowest BCUT2D eigenvalue weighted by atomic mass is 9.87. The van der Waals surface area contributed by atoms with E-state index in [9.17, 15) is 21.6 Å². The van der Waals surface area contributed by atoms with E-state index in [1.54, 1.807) is 12.1 Å². The van der Waals surface area contributed by atoms with Gasteiger partial charge in [-0.2, -0.15) is 26.7 Å². The Balaban J connectivity index is 2.14. The highest BCUT2D eigenvalue weighted by Gasteiger charge is 2.30. The molecule has 4 nitrogen and oxygen atoms in total. The maximum absolute atomic E-state index is 12.7. The van der Waals surface area contributed by atoms with E-state index >= 15 is 0 Å². The molecule has 0 atom stereocenters. The van der Waals surface area contributed by atoms with Crippen LogP contribution in [0.1, 0.15) is 37.5 Å². The lowest BCUT2D eigenvalue weighted by Crippen LogP contribution is -2.19. The summed E-state index contributed by atoms with van der Waals surface area (Å²) in [6.07, 6.45) is -3.45. The summed E-state index contributed by atoms with van der Waals surface area (Å²) in [7, 11) is -3.90. The zero-order valence-corrected chi connectivity index (χ0v) is 15.3. The van der Waals surface area contributed by atoms with Gasteiger partial charge in [0.15, 0.2) is 0 Å². The number of alkyl halides is 3. The van der Waals surface area contributed by atoms with Gasteiger partial charge in [-0.25, -0.2) is 4.83 Å². The molecule has 0 bridgehead atoms. The largest absolute Gasteiger partial charge is 0.416 e. The Morgan fingerprint density at radius 1 is 0.962 bits per heavy atom. The van der Waals surface area contributed by atoms with Gasteiger partial charge in [-0.3, -0.25) is 0 Å². The first-order chi connectivity index (χ1) is 11.9. The average Bonchev–Trinajstić information content (AvgIpc) is 2.53. The van der Waals surface area contributed by atoms with Gasteiger partial charge in [0.05, 0.1) is 16.7 Å². The molecule has 0 spiro atoms. The molecule has 0 saturated heterocycles. The summed E-state index contributed by atoms with van der Waals surface area (Å²) in [5, 5.41) is 3.55. The molecule has 1 N–H and O–H groups in total. The molecule has 0 aliphatic carbocycles. The summed E-state index contributed by atoms with van der Waals surface area (Å²) >= 11 is 0. The van der Waals surface area contributed by atoms with Crippen molar-refractivity contribution in [1.82, 2.24) is 4.83 Å². The van der Waals surface area contributed by atoms with E-state index in [-0.39, 0.29) is 15.9 Å². The molecule has 0 aliphatic rings. The van der Waals surface area contributed by atoms with Crippen molar-refractivity contribution in [3.8, 4) is 0 Å². The van der Waals surface area contributed by atoms with E-state index in [1.165, 1.54) is 24.3 Å². The molecule has 0 heterocycles. The van der Waals surface area contributed by atoms with Crippen LogP contribution < -0.4 is 4.83 Å². The van der Waals surface area contributed by atoms with Gasteiger partial charge in [-0.05, 0) is 40.8 Å². The molecule has 0 saturated carbocycles. The SMILES string of the molecule is CC(C)(C)c1ccc(S(=O)(=O)N/N=C\c2cccc(C(F)(F)F)c2)cc1. The second-order valence-electron chi connectivity index (χ2n) is 6.75. The van der Waals surface area contributed by atoms with E-state index in [1.807, 2.05) is 25.6 Å². The van der Waals surface area contributed by atoms with E-state index < -0.39 is 21.8 Å². The number of hydrogen-bond acceptors (Lipinski definition) is 3. The topological polar surface area (TPSA) is 58.5 Å². The van der Waals surface area contributed by atoms with Crippen molar-refractivity contribution in [2.45, 2.75) is 37.3 Å². The summed E-state index contributed by atoms with van der Waals surface area (Å²) in [5.74, 6) is 0. The van der Waals surface area contributed by atoms with Crippen LogP contribution in [-0.2, 0) is 21.6 Å². The first-order valence-corrected chi connectivity index (χ1v) is 9.20. The van der Waals surface area contributed by atoms with Crippen molar-refractivity contribution < 1.29 is 21.6 Å². The first-order valence-electron chi connectivity index (χ1n) is 7.72. The molecular formula is C18H19F3N2O2S. The zero-order chi connectivity index (χ0) is 19.6. The third kappa shape index (κ3) is 5.08. The molecule has 2 rings (SSSR count). The molecule has 0 aromatic heterocycles. The molecule has 8 heteroatoms. The van der Waals surface area contributed by atoms with Gasteiger partial charge in [0, 0.05) is 0 Å².